The minimum absolute atomic E-state index is 0.00705. The van der Waals surface area contributed by atoms with Crippen molar-refractivity contribution in [2.45, 2.75) is 32.5 Å². The summed E-state index contributed by atoms with van der Waals surface area (Å²) < 4.78 is 12.2. The highest BCUT2D eigenvalue weighted by molar-refractivity contribution is 5.96. The van der Waals surface area contributed by atoms with E-state index in [1.54, 1.807) is 46.2 Å². The Morgan fingerprint density at radius 1 is 0.860 bits per heavy atom. The monoisotopic (exact) mass is 588 g/mol. The normalized spacial score (nSPS) is 19.0. The number of carbonyl (C=O) groups excluding carboxylic acids is 2. The largest absolute Gasteiger partial charge is 0.466 e. The fourth-order valence-electron chi connectivity index (χ4n) is 4.26. The van der Waals surface area contributed by atoms with Crippen molar-refractivity contribution in [3.8, 4) is 11.8 Å². The standard InChI is InChI=1S/C31H36N6O6/c1-3-40-33-21-23-5-9-25(10-6-23)42-28-14-13-27(31(39)37-19-17-36(18-20-37)29(38)15-16-32)30(35-28)43-26-11-7-24(8-12-26)22-34-41-4-2/h5-14,25-26H,3-4,15-20,32H2,1-2H3. The van der Waals surface area contributed by atoms with E-state index in [0.29, 0.717) is 57.1 Å². The van der Waals surface area contributed by atoms with Gasteiger partial charge in [-0.25, -0.2) is 0 Å². The number of nitrogens with zero attached hydrogens (tertiary/aromatic N) is 5. The Morgan fingerprint density at radius 2 is 1.40 bits per heavy atom. The molecule has 1 saturated heterocycles. The first-order valence-electron chi connectivity index (χ1n) is 14.2. The van der Waals surface area contributed by atoms with Crippen molar-refractivity contribution in [2.75, 3.05) is 45.9 Å². The number of carbonyl (C=O) groups is 2. The summed E-state index contributed by atoms with van der Waals surface area (Å²) in [5.41, 5.74) is 7.28. The van der Waals surface area contributed by atoms with Crippen molar-refractivity contribution in [2.24, 2.45) is 16.0 Å². The van der Waals surface area contributed by atoms with E-state index >= 15 is 0 Å². The van der Waals surface area contributed by atoms with Crippen LogP contribution < -0.4 is 15.2 Å². The van der Waals surface area contributed by atoms with Crippen molar-refractivity contribution in [3.63, 3.8) is 0 Å². The van der Waals surface area contributed by atoms with E-state index in [2.05, 4.69) is 27.0 Å². The van der Waals surface area contributed by atoms with Gasteiger partial charge in [-0.15, -0.1) is 0 Å². The molecule has 1 aliphatic heterocycles. The van der Waals surface area contributed by atoms with Crippen LogP contribution in [-0.4, -0.2) is 96.5 Å². The Bertz CT molecular complexity index is 1380. The van der Waals surface area contributed by atoms with Crippen LogP contribution in [0, 0.1) is 0 Å². The number of pyridine rings is 1. The van der Waals surface area contributed by atoms with Crippen LogP contribution in [0.4, 0.5) is 0 Å². The van der Waals surface area contributed by atoms with E-state index in [0.717, 1.165) is 5.57 Å². The third kappa shape index (κ3) is 9.05. The number of ether oxygens (including phenoxy) is 2. The van der Waals surface area contributed by atoms with Crippen LogP contribution in [0.5, 0.6) is 11.8 Å². The van der Waals surface area contributed by atoms with Gasteiger partial charge in [-0.1, -0.05) is 0 Å². The molecule has 4 rings (SSSR count). The third-order valence-electron chi connectivity index (χ3n) is 6.45. The van der Waals surface area contributed by atoms with Gasteiger partial charge in [0.2, 0.25) is 17.7 Å². The van der Waals surface area contributed by atoms with Gasteiger partial charge in [-0.05, 0) is 78.8 Å². The molecule has 2 amide bonds. The maximum absolute atomic E-state index is 13.6. The Hall–Kier alpha value is -4.89. The summed E-state index contributed by atoms with van der Waals surface area (Å²) in [6.07, 6.45) is 13.9. The van der Waals surface area contributed by atoms with Crippen LogP contribution in [-0.2, 0) is 14.5 Å². The number of hydrogen-bond acceptors (Lipinski definition) is 10. The maximum atomic E-state index is 13.6. The highest BCUT2D eigenvalue weighted by Gasteiger charge is 2.28. The van der Waals surface area contributed by atoms with Gasteiger partial charge >= 0.3 is 0 Å². The summed E-state index contributed by atoms with van der Waals surface area (Å²) >= 11 is 0. The second kappa shape index (κ2) is 15.9. The zero-order valence-corrected chi connectivity index (χ0v) is 24.3. The van der Waals surface area contributed by atoms with Gasteiger partial charge in [0.1, 0.15) is 31.0 Å². The van der Waals surface area contributed by atoms with E-state index in [-0.39, 0.29) is 30.0 Å². The Balaban J connectivity index is 1.51. The average Bonchev–Trinajstić information content (AvgIpc) is 3.03. The first kappa shape index (κ1) is 31.1. The van der Waals surface area contributed by atoms with Crippen molar-refractivity contribution in [3.05, 3.63) is 77.5 Å². The molecule has 43 heavy (non-hydrogen) atoms. The van der Waals surface area contributed by atoms with Crippen molar-refractivity contribution in [1.29, 1.82) is 0 Å². The molecule has 0 spiro atoms. The molecule has 0 bridgehead atoms. The highest BCUT2D eigenvalue weighted by atomic mass is 16.6. The van der Waals surface area contributed by atoms with Gasteiger partial charge in [-0.3, -0.25) is 9.59 Å². The average molecular weight is 589 g/mol. The molecule has 1 aromatic rings. The summed E-state index contributed by atoms with van der Waals surface area (Å²) in [6, 6.07) is 3.29. The van der Waals surface area contributed by atoms with E-state index in [4.69, 9.17) is 24.9 Å². The molecule has 2 heterocycles. The van der Waals surface area contributed by atoms with Crippen LogP contribution in [0.15, 0.2) is 82.2 Å². The van der Waals surface area contributed by atoms with Gasteiger partial charge in [0, 0.05) is 68.1 Å². The lowest BCUT2D eigenvalue weighted by Gasteiger charge is -2.35. The van der Waals surface area contributed by atoms with Crippen LogP contribution in [0.1, 0.15) is 30.6 Å². The summed E-state index contributed by atoms with van der Waals surface area (Å²) in [4.78, 5) is 43.8. The van der Waals surface area contributed by atoms with Crippen LogP contribution >= 0.6 is 0 Å². The topological polar surface area (TPSA) is 141 Å². The highest BCUT2D eigenvalue weighted by Crippen LogP contribution is 2.26. The molecule has 1 aromatic heterocycles. The summed E-state index contributed by atoms with van der Waals surface area (Å²) in [7, 11) is 0. The van der Waals surface area contributed by atoms with Crippen molar-refractivity contribution < 1.29 is 28.7 Å². The minimum atomic E-state index is -0.496. The number of rotatable bonds is 11. The predicted octanol–water partition coefficient (Wildman–Crippen LogP) is 2.56. The molecule has 0 aromatic carbocycles. The lowest BCUT2D eigenvalue weighted by Crippen LogP contribution is -2.51. The summed E-state index contributed by atoms with van der Waals surface area (Å²) in [5, 5.41) is 7.51. The van der Waals surface area contributed by atoms with E-state index < -0.39 is 12.2 Å². The van der Waals surface area contributed by atoms with Gasteiger partial charge in [0.05, 0.1) is 0 Å². The number of aromatic nitrogens is 1. The zero-order valence-electron chi connectivity index (χ0n) is 24.3. The molecule has 3 aliphatic rings. The molecule has 1 fully saturated rings. The molecular formula is C31H36N6O6. The molecule has 2 N–H and O–H groups in total. The molecule has 12 nitrogen and oxygen atoms in total. The fraction of sp³-hybridized carbons (Fsp3) is 0.387. The van der Waals surface area contributed by atoms with Crippen LogP contribution in [0.2, 0.25) is 0 Å². The maximum Gasteiger partial charge on any atom is 0.259 e. The quantitative estimate of drug-likeness (QED) is 0.307. The lowest BCUT2D eigenvalue weighted by molar-refractivity contribution is -0.132. The number of piperazine rings is 1. The Kier molecular flexibility index (Phi) is 11.5. The Labute approximate surface area is 250 Å². The molecule has 0 saturated carbocycles. The molecular weight excluding hydrogens is 552 g/mol. The zero-order chi connectivity index (χ0) is 30.4. The SMILES string of the molecule is CCON=C=C1C=CC(Oc2ccc(C(=O)N3CCN(C(=O)CCN)CC3)c(OC3C=CC(=C=NOCC)C=C3)n2)C=C1. The second-order valence-corrected chi connectivity index (χ2v) is 9.47. The lowest BCUT2D eigenvalue weighted by atomic mass is 10.1. The van der Waals surface area contributed by atoms with Gasteiger partial charge in [0.25, 0.3) is 5.91 Å². The first-order valence-corrected chi connectivity index (χ1v) is 14.2. The number of amides is 2. The number of hydrogen-bond donors (Lipinski definition) is 1. The van der Waals surface area contributed by atoms with E-state index in [9.17, 15) is 9.59 Å². The molecule has 2 aliphatic carbocycles. The molecule has 0 unspecified atom stereocenters. The molecule has 0 atom stereocenters. The molecule has 12 heteroatoms. The smallest absolute Gasteiger partial charge is 0.259 e. The van der Waals surface area contributed by atoms with E-state index in [1.165, 1.54) is 0 Å². The van der Waals surface area contributed by atoms with Crippen LogP contribution in [0.25, 0.3) is 0 Å². The van der Waals surface area contributed by atoms with Gasteiger partial charge in [0.15, 0.2) is 0 Å². The van der Waals surface area contributed by atoms with Gasteiger partial charge < -0.3 is 34.7 Å². The predicted molar refractivity (Wildman–Crippen MR) is 161 cm³/mol. The third-order valence-corrected chi connectivity index (χ3v) is 6.45. The summed E-state index contributed by atoms with van der Waals surface area (Å²) in [6.45, 7) is 6.56. The second-order valence-electron chi connectivity index (χ2n) is 9.47. The number of allylic oxidation sites excluding steroid dienone is 6. The summed E-state index contributed by atoms with van der Waals surface area (Å²) in [5.74, 6) is 5.76. The van der Waals surface area contributed by atoms with Crippen molar-refractivity contribution in [1.82, 2.24) is 14.8 Å². The molecule has 226 valence electrons. The van der Waals surface area contributed by atoms with Gasteiger partial charge in [-0.2, -0.15) is 4.98 Å². The van der Waals surface area contributed by atoms with Crippen LogP contribution in [0.3, 0.4) is 0 Å². The Morgan fingerprint density at radius 3 is 1.93 bits per heavy atom. The minimum Gasteiger partial charge on any atom is -0.466 e. The fourth-order valence-corrected chi connectivity index (χ4v) is 4.26. The molecule has 0 radical (unpaired) electrons. The van der Waals surface area contributed by atoms with Crippen molar-refractivity contribution >= 4 is 23.6 Å². The first-order chi connectivity index (χ1) is 21.0. The van der Waals surface area contributed by atoms with E-state index in [1.807, 2.05) is 38.2 Å². The number of nitrogens with two attached hydrogens (primary N) is 1.